The Labute approximate surface area is 234 Å². The number of likely N-dealkylation sites (N-methyl/N-ethyl adjacent to an activating group) is 1. The Balaban J connectivity index is 1.92. The van der Waals surface area contributed by atoms with Crippen molar-refractivity contribution in [1.29, 1.82) is 0 Å². The fourth-order valence-electron chi connectivity index (χ4n) is 5.31. The number of carbonyl (C=O) groups is 1. The van der Waals surface area contributed by atoms with Crippen molar-refractivity contribution in [1.82, 2.24) is 14.8 Å². The van der Waals surface area contributed by atoms with E-state index in [9.17, 15) is 4.79 Å². The van der Waals surface area contributed by atoms with Gasteiger partial charge in [0, 0.05) is 37.5 Å². The number of anilines is 1. The van der Waals surface area contributed by atoms with Gasteiger partial charge in [-0.1, -0.05) is 43.6 Å². The first-order valence-corrected chi connectivity index (χ1v) is 14.6. The first kappa shape index (κ1) is 28.5. The Morgan fingerprint density at radius 3 is 2.74 bits per heavy atom. The number of rotatable bonds is 7. The molecule has 0 bridgehead atoms. The second kappa shape index (κ2) is 12.6. The summed E-state index contributed by atoms with van der Waals surface area (Å²) in [5, 5.41) is 3.06. The van der Waals surface area contributed by atoms with Crippen LogP contribution < -0.4 is 5.32 Å². The number of hydrogen-bond donors (Lipinski definition) is 1. The van der Waals surface area contributed by atoms with Gasteiger partial charge in [0.1, 0.15) is 28.5 Å². The molecule has 2 aromatic rings. The Bertz CT molecular complexity index is 1210. The van der Waals surface area contributed by atoms with Gasteiger partial charge >= 0.3 is 0 Å². The number of hydrogen-bond acceptors (Lipinski definition) is 6. The van der Waals surface area contributed by atoms with Crippen LogP contribution >= 0.6 is 23.4 Å². The van der Waals surface area contributed by atoms with E-state index in [4.69, 9.17) is 21.6 Å². The highest BCUT2D eigenvalue weighted by atomic mass is 35.5. The number of nitrogens with zero attached hydrogens (tertiary/aromatic N) is 5. The van der Waals surface area contributed by atoms with Gasteiger partial charge in [-0.3, -0.25) is 14.8 Å². The maximum Gasteiger partial charge on any atom is 0.212 e. The zero-order valence-corrected chi connectivity index (χ0v) is 24.1. The SMILES string of the molecule is CSC1N=CCC(C(C)C)C1N=C(c1cc(F)c(-c2ccccc2Cl)nc1NC=O)N1CCN(C)CC1C. The van der Waals surface area contributed by atoms with Crippen LogP contribution in [0.1, 0.15) is 32.8 Å². The van der Waals surface area contributed by atoms with Crippen LogP contribution in [0.2, 0.25) is 5.02 Å². The zero-order chi connectivity index (χ0) is 27.4. The number of nitrogens with one attached hydrogen (secondary N) is 1. The third-order valence-electron chi connectivity index (χ3n) is 7.37. The minimum atomic E-state index is -0.525. The van der Waals surface area contributed by atoms with E-state index >= 15 is 4.39 Å². The van der Waals surface area contributed by atoms with Crippen molar-refractivity contribution in [2.45, 2.75) is 44.6 Å². The maximum atomic E-state index is 15.8. The number of halogens is 2. The van der Waals surface area contributed by atoms with E-state index in [1.54, 1.807) is 36.0 Å². The normalized spacial score (nSPS) is 24.6. The van der Waals surface area contributed by atoms with Crippen LogP contribution in [0, 0.1) is 17.7 Å². The van der Waals surface area contributed by atoms with E-state index in [1.807, 2.05) is 12.5 Å². The summed E-state index contributed by atoms with van der Waals surface area (Å²) in [7, 11) is 2.10. The number of pyridine rings is 1. The van der Waals surface area contributed by atoms with Gasteiger partial charge in [-0.25, -0.2) is 9.37 Å². The molecular formula is C28H36ClFN6OS. The van der Waals surface area contributed by atoms with Gasteiger partial charge in [0.2, 0.25) is 6.41 Å². The number of aliphatic imine (C=N–C) groups is 2. The Hall–Kier alpha value is -2.49. The lowest BCUT2D eigenvalue weighted by Crippen LogP contribution is -2.53. The minimum absolute atomic E-state index is 0.0448. The number of thioether (sulfide) groups is 1. The standard InChI is InChI=1S/C28H36ClFN6OS/c1-17(2)19-10-11-31-28(38-5)25(19)34-27(36-13-12-35(4)15-18(36)3)21-14-23(30)24(33-26(21)32-16-37)20-8-6-7-9-22(20)29/h6-9,11,14,16-19,25,28H,10,12-13,15H2,1-5H3,(H,32,33,37). The summed E-state index contributed by atoms with van der Waals surface area (Å²) < 4.78 is 15.8. The van der Waals surface area contributed by atoms with Gasteiger partial charge in [-0.05, 0) is 50.6 Å². The van der Waals surface area contributed by atoms with E-state index in [-0.39, 0.29) is 34.9 Å². The number of carbonyl (C=O) groups excluding carboxylic acids is 1. The predicted molar refractivity (Wildman–Crippen MR) is 157 cm³/mol. The zero-order valence-electron chi connectivity index (χ0n) is 22.6. The van der Waals surface area contributed by atoms with Crippen molar-refractivity contribution in [3.8, 4) is 11.3 Å². The smallest absolute Gasteiger partial charge is 0.212 e. The van der Waals surface area contributed by atoms with Crippen LogP contribution in [0.4, 0.5) is 10.2 Å². The van der Waals surface area contributed by atoms with Crippen molar-refractivity contribution < 1.29 is 9.18 Å². The first-order valence-electron chi connectivity index (χ1n) is 13.0. The molecule has 0 saturated carbocycles. The molecule has 38 heavy (non-hydrogen) atoms. The maximum absolute atomic E-state index is 15.8. The summed E-state index contributed by atoms with van der Waals surface area (Å²) >= 11 is 8.05. The Morgan fingerprint density at radius 2 is 2.08 bits per heavy atom. The highest BCUT2D eigenvalue weighted by Gasteiger charge is 2.36. The molecule has 2 aliphatic rings. The molecule has 7 nitrogen and oxygen atoms in total. The molecule has 4 rings (SSSR count). The molecule has 1 amide bonds. The molecule has 1 N–H and O–H groups in total. The molecule has 0 aliphatic carbocycles. The van der Waals surface area contributed by atoms with Crippen LogP contribution in [-0.2, 0) is 4.79 Å². The van der Waals surface area contributed by atoms with Gasteiger partial charge in [0.05, 0.1) is 16.6 Å². The molecule has 0 radical (unpaired) electrons. The molecule has 0 spiro atoms. The fraction of sp³-hybridized carbons (Fsp3) is 0.500. The number of amidine groups is 1. The average Bonchev–Trinajstić information content (AvgIpc) is 2.89. The summed E-state index contributed by atoms with van der Waals surface area (Å²) in [6.45, 7) is 8.96. The van der Waals surface area contributed by atoms with Crippen molar-refractivity contribution in [3.63, 3.8) is 0 Å². The van der Waals surface area contributed by atoms with E-state index in [0.717, 1.165) is 26.1 Å². The monoisotopic (exact) mass is 558 g/mol. The fourth-order valence-corrected chi connectivity index (χ4v) is 6.29. The summed E-state index contributed by atoms with van der Waals surface area (Å²) in [6, 6.07) is 8.42. The molecule has 1 aromatic heterocycles. The van der Waals surface area contributed by atoms with Crippen molar-refractivity contribution in [2.75, 3.05) is 38.3 Å². The molecule has 1 saturated heterocycles. The summed E-state index contributed by atoms with van der Waals surface area (Å²) in [4.78, 5) is 30.9. The van der Waals surface area contributed by atoms with Gasteiger partial charge < -0.3 is 15.1 Å². The summed E-state index contributed by atoms with van der Waals surface area (Å²) in [5.41, 5.74) is 1.00. The van der Waals surface area contributed by atoms with Crippen LogP contribution in [0.3, 0.4) is 0 Å². The Kier molecular flexibility index (Phi) is 9.44. The van der Waals surface area contributed by atoms with Crippen molar-refractivity contribution in [2.24, 2.45) is 21.8 Å². The predicted octanol–water partition coefficient (Wildman–Crippen LogP) is 5.30. The van der Waals surface area contributed by atoms with Crippen LogP contribution in [0.5, 0.6) is 0 Å². The number of aromatic nitrogens is 1. The molecule has 4 unspecified atom stereocenters. The van der Waals surface area contributed by atoms with Gasteiger partial charge in [0.15, 0.2) is 0 Å². The van der Waals surface area contributed by atoms with Gasteiger partial charge in [-0.2, -0.15) is 0 Å². The lowest BCUT2D eigenvalue weighted by molar-refractivity contribution is -0.105. The minimum Gasteiger partial charge on any atom is -0.351 e. The van der Waals surface area contributed by atoms with Crippen LogP contribution in [-0.4, -0.2) is 83.6 Å². The second-order valence-electron chi connectivity index (χ2n) is 10.3. The second-order valence-corrected chi connectivity index (χ2v) is 11.7. The van der Waals surface area contributed by atoms with Crippen molar-refractivity contribution in [3.05, 3.63) is 46.7 Å². The molecule has 2 aliphatic heterocycles. The largest absolute Gasteiger partial charge is 0.351 e. The topological polar surface area (TPSA) is 73.2 Å². The van der Waals surface area contributed by atoms with Crippen LogP contribution in [0.25, 0.3) is 11.3 Å². The van der Waals surface area contributed by atoms with Crippen LogP contribution in [0.15, 0.2) is 40.3 Å². The first-order chi connectivity index (χ1) is 18.2. The lowest BCUT2D eigenvalue weighted by atomic mass is 9.84. The highest BCUT2D eigenvalue weighted by Crippen LogP contribution is 2.35. The molecular weight excluding hydrogens is 523 g/mol. The van der Waals surface area contributed by atoms with Crippen molar-refractivity contribution >= 4 is 47.6 Å². The molecule has 1 fully saturated rings. The highest BCUT2D eigenvalue weighted by molar-refractivity contribution is 7.99. The molecule has 10 heteroatoms. The van der Waals surface area contributed by atoms with E-state index in [0.29, 0.717) is 34.3 Å². The lowest BCUT2D eigenvalue weighted by Gasteiger charge is -2.42. The summed E-state index contributed by atoms with van der Waals surface area (Å²) in [5.74, 6) is 1.04. The molecule has 4 atom stereocenters. The van der Waals surface area contributed by atoms with E-state index < -0.39 is 5.82 Å². The van der Waals surface area contributed by atoms with Gasteiger partial charge in [0.25, 0.3) is 0 Å². The summed E-state index contributed by atoms with van der Waals surface area (Å²) in [6.07, 6.45) is 5.46. The van der Waals surface area contributed by atoms with Gasteiger partial charge in [-0.15, -0.1) is 11.8 Å². The molecule has 3 heterocycles. The quantitative estimate of drug-likeness (QED) is 0.284. The number of benzene rings is 1. The molecule has 204 valence electrons. The van der Waals surface area contributed by atoms with E-state index in [2.05, 4.69) is 47.9 Å². The third kappa shape index (κ3) is 6.05. The number of piperazine rings is 1. The molecule has 1 aromatic carbocycles. The Morgan fingerprint density at radius 1 is 1.32 bits per heavy atom. The number of amides is 1. The average molecular weight is 559 g/mol. The third-order valence-corrected chi connectivity index (χ3v) is 8.59. The van der Waals surface area contributed by atoms with E-state index in [1.165, 1.54) is 6.07 Å².